The molecule has 24 heavy (non-hydrogen) atoms. The van der Waals surface area contributed by atoms with Crippen LogP contribution in [0.2, 0.25) is 0 Å². The highest BCUT2D eigenvalue weighted by atomic mass is 16.3. The molecule has 0 saturated carbocycles. The molecule has 7 nitrogen and oxygen atoms in total. The van der Waals surface area contributed by atoms with Gasteiger partial charge in [0.2, 0.25) is 5.89 Å². The molecule has 0 amide bonds. The number of pyridine rings is 1. The van der Waals surface area contributed by atoms with E-state index in [0.717, 1.165) is 66.8 Å². The summed E-state index contributed by atoms with van der Waals surface area (Å²) >= 11 is 0. The molecule has 4 heterocycles. The van der Waals surface area contributed by atoms with Crippen molar-refractivity contribution in [2.45, 2.75) is 20.4 Å². The summed E-state index contributed by atoms with van der Waals surface area (Å²) in [4.78, 5) is 22.0. The van der Waals surface area contributed by atoms with Crippen molar-refractivity contribution in [2.24, 2.45) is 0 Å². The first-order valence-corrected chi connectivity index (χ1v) is 8.15. The van der Waals surface area contributed by atoms with Crippen LogP contribution in [0.5, 0.6) is 0 Å². The van der Waals surface area contributed by atoms with Gasteiger partial charge in [0, 0.05) is 43.6 Å². The predicted octanol–water partition coefficient (Wildman–Crippen LogP) is 1.95. The molecule has 0 aromatic carbocycles. The van der Waals surface area contributed by atoms with Gasteiger partial charge in [-0.1, -0.05) is 0 Å². The predicted molar refractivity (Wildman–Crippen MR) is 90.8 cm³/mol. The van der Waals surface area contributed by atoms with Gasteiger partial charge in [0.05, 0.1) is 12.7 Å². The summed E-state index contributed by atoms with van der Waals surface area (Å²) in [6, 6.07) is 1.88. The monoisotopic (exact) mass is 324 g/mol. The Balaban J connectivity index is 1.41. The summed E-state index contributed by atoms with van der Waals surface area (Å²) in [6.07, 6.45) is 5.10. The number of aryl methyl sites for hydroxylation is 1. The summed E-state index contributed by atoms with van der Waals surface area (Å²) < 4.78 is 5.77. The van der Waals surface area contributed by atoms with Crippen LogP contribution in [0.1, 0.15) is 17.1 Å². The molecule has 1 aliphatic heterocycles. The molecule has 0 bridgehead atoms. The molecule has 1 saturated heterocycles. The Morgan fingerprint density at radius 2 is 1.96 bits per heavy atom. The third kappa shape index (κ3) is 2.82. The van der Waals surface area contributed by atoms with Crippen LogP contribution in [0.4, 0.5) is 5.82 Å². The van der Waals surface area contributed by atoms with Crippen molar-refractivity contribution in [1.29, 1.82) is 0 Å². The van der Waals surface area contributed by atoms with Gasteiger partial charge >= 0.3 is 0 Å². The van der Waals surface area contributed by atoms with Gasteiger partial charge in [0.1, 0.15) is 17.7 Å². The third-order valence-corrected chi connectivity index (χ3v) is 4.58. The molecule has 3 aromatic heterocycles. The standard InChI is InChI=1S/C17H20N6O/c1-12-13(2)19-11-20-17(12)23-7-5-22(6-8-23)10-16-21-14-3-4-18-9-15(14)24-16/h3-4,9,11H,5-8,10H2,1-2H3. The van der Waals surface area contributed by atoms with Crippen molar-refractivity contribution in [2.75, 3.05) is 31.1 Å². The van der Waals surface area contributed by atoms with E-state index in [9.17, 15) is 0 Å². The topological polar surface area (TPSA) is 71.2 Å². The van der Waals surface area contributed by atoms with Crippen LogP contribution in [0.25, 0.3) is 11.1 Å². The van der Waals surface area contributed by atoms with Gasteiger partial charge in [-0.25, -0.2) is 15.0 Å². The quantitative estimate of drug-likeness (QED) is 0.729. The van der Waals surface area contributed by atoms with Gasteiger partial charge < -0.3 is 9.32 Å². The van der Waals surface area contributed by atoms with Crippen LogP contribution < -0.4 is 4.90 Å². The van der Waals surface area contributed by atoms with E-state index in [2.05, 4.69) is 36.7 Å². The number of nitrogens with zero attached hydrogens (tertiary/aromatic N) is 6. The normalized spacial score (nSPS) is 16.0. The Hall–Kier alpha value is -2.54. The zero-order valence-electron chi connectivity index (χ0n) is 13.9. The molecule has 0 aliphatic carbocycles. The molecule has 0 unspecified atom stereocenters. The molecule has 3 aromatic rings. The Morgan fingerprint density at radius 1 is 1.12 bits per heavy atom. The van der Waals surface area contributed by atoms with Crippen molar-refractivity contribution in [3.8, 4) is 0 Å². The second kappa shape index (κ2) is 6.16. The van der Waals surface area contributed by atoms with Gasteiger partial charge in [0.25, 0.3) is 0 Å². The lowest BCUT2D eigenvalue weighted by Crippen LogP contribution is -2.46. The smallest absolute Gasteiger partial charge is 0.209 e. The molecule has 0 N–H and O–H groups in total. The summed E-state index contributed by atoms with van der Waals surface area (Å²) in [5, 5.41) is 0. The average molecular weight is 324 g/mol. The number of anilines is 1. The number of hydrogen-bond donors (Lipinski definition) is 0. The van der Waals surface area contributed by atoms with Crippen molar-refractivity contribution < 1.29 is 4.42 Å². The summed E-state index contributed by atoms with van der Waals surface area (Å²) in [5.74, 6) is 1.80. The molecule has 1 fully saturated rings. The summed E-state index contributed by atoms with van der Waals surface area (Å²) in [5.41, 5.74) is 3.82. The lowest BCUT2D eigenvalue weighted by Gasteiger charge is -2.35. The SMILES string of the molecule is Cc1ncnc(N2CCN(Cc3nc4ccncc4o3)CC2)c1C. The van der Waals surface area contributed by atoms with Crippen LogP contribution in [0.3, 0.4) is 0 Å². The van der Waals surface area contributed by atoms with Crippen molar-refractivity contribution in [1.82, 2.24) is 24.8 Å². The van der Waals surface area contributed by atoms with Gasteiger partial charge in [-0.3, -0.25) is 9.88 Å². The zero-order chi connectivity index (χ0) is 16.5. The summed E-state index contributed by atoms with van der Waals surface area (Å²) in [7, 11) is 0. The van der Waals surface area contributed by atoms with E-state index in [4.69, 9.17) is 4.42 Å². The molecule has 0 spiro atoms. The van der Waals surface area contributed by atoms with E-state index in [-0.39, 0.29) is 0 Å². The number of oxazole rings is 1. The highest BCUT2D eigenvalue weighted by molar-refractivity contribution is 5.70. The zero-order valence-corrected chi connectivity index (χ0v) is 13.9. The number of aromatic nitrogens is 4. The molecular formula is C17H20N6O. The third-order valence-electron chi connectivity index (χ3n) is 4.58. The van der Waals surface area contributed by atoms with Gasteiger partial charge in [-0.15, -0.1) is 0 Å². The fourth-order valence-corrected chi connectivity index (χ4v) is 3.05. The van der Waals surface area contributed by atoms with Gasteiger partial charge in [-0.2, -0.15) is 0 Å². The molecule has 0 radical (unpaired) electrons. The maximum absolute atomic E-state index is 5.77. The molecule has 7 heteroatoms. The Labute approximate surface area is 140 Å². The molecule has 0 atom stereocenters. The minimum atomic E-state index is 0.726. The Kier molecular flexibility index (Phi) is 3.86. The fraction of sp³-hybridized carbons (Fsp3) is 0.412. The van der Waals surface area contributed by atoms with Crippen LogP contribution in [-0.2, 0) is 6.54 Å². The van der Waals surface area contributed by atoms with Crippen LogP contribution in [-0.4, -0.2) is 51.0 Å². The highest BCUT2D eigenvalue weighted by Crippen LogP contribution is 2.21. The first-order chi connectivity index (χ1) is 11.7. The molecule has 1 aliphatic rings. The highest BCUT2D eigenvalue weighted by Gasteiger charge is 2.21. The number of piperazine rings is 1. The number of hydrogen-bond acceptors (Lipinski definition) is 7. The minimum absolute atomic E-state index is 0.726. The number of rotatable bonds is 3. The van der Waals surface area contributed by atoms with Crippen LogP contribution >= 0.6 is 0 Å². The molecule has 4 rings (SSSR count). The van der Waals surface area contributed by atoms with E-state index in [1.165, 1.54) is 0 Å². The largest absolute Gasteiger partial charge is 0.438 e. The molecule has 124 valence electrons. The average Bonchev–Trinajstić information content (AvgIpc) is 3.00. The maximum atomic E-state index is 5.77. The Bertz CT molecular complexity index is 820. The van der Waals surface area contributed by atoms with Crippen LogP contribution in [0, 0.1) is 13.8 Å². The van der Waals surface area contributed by atoms with E-state index in [1.807, 2.05) is 13.0 Å². The lowest BCUT2D eigenvalue weighted by atomic mass is 10.2. The first-order valence-electron chi connectivity index (χ1n) is 8.15. The second-order valence-electron chi connectivity index (χ2n) is 6.12. The van der Waals surface area contributed by atoms with E-state index >= 15 is 0 Å². The van der Waals surface area contributed by atoms with E-state index in [0.29, 0.717) is 0 Å². The van der Waals surface area contributed by atoms with Crippen LogP contribution in [0.15, 0.2) is 29.2 Å². The van der Waals surface area contributed by atoms with E-state index < -0.39 is 0 Å². The van der Waals surface area contributed by atoms with Crippen molar-refractivity contribution >= 4 is 16.9 Å². The number of fused-ring (bicyclic) bond motifs is 1. The first kappa shape index (κ1) is 15.0. The minimum Gasteiger partial charge on any atom is -0.438 e. The molecular weight excluding hydrogens is 304 g/mol. The lowest BCUT2D eigenvalue weighted by molar-refractivity contribution is 0.228. The van der Waals surface area contributed by atoms with Crippen molar-refractivity contribution in [3.05, 3.63) is 41.9 Å². The van der Waals surface area contributed by atoms with Gasteiger partial charge in [0.15, 0.2) is 5.58 Å². The second-order valence-corrected chi connectivity index (χ2v) is 6.12. The Morgan fingerprint density at radius 3 is 2.75 bits per heavy atom. The summed E-state index contributed by atoms with van der Waals surface area (Å²) in [6.45, 7) is 8.64. The van der Waals surface area contributed by atoms with E-state index in [1.54, 1.807) is 18.7 Å². The van der Waals surface area contributed by atoms with Gasteiger partial charge in [-0.05, 0) is 19.9 Å². The fourth-order valence-electron chi connectivity index (χ4n) is 3.05. The van der Waals surface area contributed by atoms with Crippen molar-refractivity contribution in [3.63, 3.8) is 0 Å². The maximum Gasteiger partial charge on any atom is 0.209 e.